The fraction of sp³-hybridized carbons (Fsp3) is 0.204. The summed E-state index contributed by atoms with van der Waals surface area (Å²) in [4.78, 5) is 56.2. The molecule has 0 aliphatic heterocycles. The van der Waals surface area contributed by atoms with Gasteiger partial charge in [-0.15, -0.1) is 0 Å². The van der Waals surface area contributed by atoms with Crippen LogP contribution >= 0.6 is 23.1 Å². The summed E-state index contributed by atoms with van der Waals surface area (Å²) in [6.07, 6.45) is 20.7. The second-order valence-electron chi connectivity index (χ2n) is 32.3. The highest BCUT2D eigenvalue weighted by Crippen LogP contribution is 2.49. The zero-order valence-electron chi connectivity index (χ0n) is 69.5. The van der Waals surface area contributed by atoms with E-state index in [2.05, 4.69) is 37.8 Å². The Hall–Kier alpha value is -13.4. The average molecular weight is 1840 g/mol. The number of pyridine rings is 2. The fourth-order valence-electron chi connectivity index (χ4n) is 15.8. The molecular formula is C98H81F2N7O16S6. The van der Waals surface area contributed by atoms with Crippen LogP contribution in [0.15, 0.2) is 256 Å². The second kappa shape index (κ2) is 37.5. The first-order valence-electron chi connectivity index (χ1n) is 40.9. The number of carboxylic acid groups (broad SMARTS) is 4. The number of halogens is 2. The molecule has 0 bridgehead atoms. The molecule has 5 aromatic heterocycles. The van der Waals surface area contributed by atoms with Gasteiger partial charge in [0.1, 0.15) is 11.5 Å². The summed E-state index contributed by atoms with van der Waals surface area (Å²) in [6.45, 7) is 6.06. The fourth-order valence-corrected chi connectivity index (χ4v) is 23.8. The number of aromatic carboxylic acids is 4. The van der Waals surface area contributed by atoms with Crippen LogP contribution in [-0.4, -0.2) is 101 Å². The van der Waals surface area contributed by atoms with Crippen LogP contribution in [-0.2, 0) is 62.4 Å². The molecule has 0 unspecified atom stereocenters. The maximum atomic E-state index is 14.4. The summed E-state index contributed by atoms with van der Waals surface area (Å²) in [5, 5.41) is 56.1. The van der Waals surface area contributed by atoms with Gasteiger partial charge in [0.25, 0.3) is 0 Å². The van der Waals surface area contributed by atoms with E-state index in [-0.39, 0.29) is 111 Å². The molecule has 0 saturated heterocycles. The average Bonchev–Trinajstić information content (AvgIpc) is 1.68. The molecule has 4 N–H and O–H groups in total. The van der Waals surface area contributed by atoms with Gasteiger partial charge in [-0.25, -0.2) is 71.0 Å². The number of allylic oxidation sites excluding steroid dienone is 4. The van der Waals surface area contributed by atoms with Gasteiger partial charge in [0.15, 0.2) is 39.3 Å². The van der Waals surface area contributed by atoms with Crippen molar-refractivity contribution >= 4 is 91.9 Å². The quantitative estimate of drug-likeness (QED) is 0.0366. The van der Waals surface area contributed by atoms with E-state index in [1.165, 1.54) is 138 Å². The molecule has 0 atom stereocenters. The minimum atomic E-state index is -4.00. The van der Waals surface area contributed by atoms with Crippen molar-refractivity contribution in [1.82, 2.24) is 23.3 Å². The van der Waals surface area contributed by atoms with E-state index in [1.54, 1.807) is 42.6 Å². The highest BCUT2D eigenvalue weighted by Gasteiger charge is 2.37. The van der Waals surface area contributed by atoms with Gasteiger partial charge in [-0.3, -0.25) is 4.98 Å². The van der Waals surface area contributed by atoms with Crippen LogP contribution in [0.25, 0.3) is 56.0 Å². The van der Waals surface area contributed by atoms with Crippen LogP contribution in [0, 0.1) is 48.3 Å². The molecule has 4 fully saturated rings. The van der Waals surface area contributed by atoms with Crippen molar-refractivity contribution in [2.75, 3.05) is 0 Å². The normalized spacial score (nSPS) is 14.2. The van der Waals surface area contributed by atoms with Gasteiger partial charge in [0.2, 0.25) is 5.95 Å². The van der Waals surface area contributed by atoms with Crippen LogP contribution in [0.1, 0.15) is 201 Å². The molecule has 4 saturated carbocycles. The van der Waals surface area contributed by atoms with Gasteiger partial charge in [-0.2, -0.15) is 14.9 Å². The number of hydrogen-bond acceptors (Lipinski definition) is 20. The maximum Gasteiger partial charge on any atom is 0.335 e. The first-order valence-corrected chi connectivity index (χ1v) is 49.1. The zero-order chi connectivity index (χ0) is 91.5. The number of nitrogens with zero attached hydrogens (tertiary/aromatic N) is 7. The van der Waals surface area contributed by atoms with Crippen molar-refractivity contribution in [2.45, 2.75) is 145 Å². The highest BCUT2D eigenvalue weighted by molar-refractivity contribution is 7.91. The number of benzene rings is 8. The van der Waals surface area contributed by atoms with Crippen LogP contribution in [0.4, 0.5) is 8.78 Å². The standard InChI is InChI=1S/C27H25NO4S2.C25H22N2O4S2.2C23H17FN2O4S/c1-16-3-4-19(11-16)23-9-7-20(25-14-28-33-17(25)2)12-22(23)15-34(31,32)26-13-21(27(29)30)8-10-24(26)18-5-6-18;1-16-22(14-26-32-16)18-7-9-23(27-10-2-3-11-27)20(12-18)15-33(30,31)24-13-19(25(28)29)6-8-21(24)17-4-5-17;24-20-2-1-9-26-22(20)19-7-3-14(12-25)10-17(19)13-31(29,30)21-11-16(23(27)28)6-8-18(21)15-4-5-15;24-22-3-1-2-20(26-22)18-8-4-14(12-25)10-17(18)13-31(29,30)21-11-16(23(27)28)7-9-19(21)15-5-6-15/h3-4,7-10,12-14,18H,5-6,11,15H2,1-2H3,(H,29,30);2-3,6-14,17H,4-5,15H2,1H3,(H,28,29);1-3,6-11,15H,4-5,13H2,(H,27,28);1-4,7-11,15H,5-6,13H2,(H,27,28). The predicted molar refractivity (Wildman–Crippen MR) is 484 cm³/mol. The number of aryl methyl sites for hydroxylation is 2. The molecule has 129 heavy (non-hydrogen) atoms. The number of rotatable bonds is 26. The lowest BCUT2D eigenvalue weighted by Gasteiger charge is -2.16. The molecule has 0 radical (unpaired) electrons. The second-order valence-corrected chi connectivity index (χ2v) is 42.1. The van der Waals surface area contributed by atoms with Gasteiger partial charge in [-0.05, 0) is 319 Å². The highest BCUT2D eigenvalue weighted by atomic mass is 32.2. The Morgan fingerprint density at radius 3 is 1.21 bits per heavy atom. The Balaban J connectivity index is 0.000000132. The van der Waals surface area contributed by atoms with Crippen LogP contribution in [0.3, 0.4) is 0 Å². The van der Waals surface area contributed by atoms with Crippen LogP contribution in [0.2, 0.25) is 0 Å². The third-order valence-corrected chi connectivity index (χ3v) is 31.1. The number of hydrogen-bond donors (Lipinski definition) is 4. The number of carbonyl (C=O) groups is 4. The molecule has 5 heterocycles. The minimum Gasteiger partial charge on any atom is -0.478 e. The van der Waals surface area contributed by atoms with Crippen molar-refractivity contribution in [3.8, 4) is 62.6 Å². The molecule has 654 valence electrons. The number of sulfone groups is 4. The van der Waals surface area contributed by atoms with Crippen molar-refractivity contribution in [2.24, 2.45) is 0 Å². The Bertz CT molecular complexity index is 7340. The van der Waals surface area contributed by atoms with Crippen LogP contribution in [0.5, 0.6) is 0 Å². The Morgan fingerprint density at radius 2 is 0.829 bits per heavy atom. The maximum absolute atomic E-state index is 14.4. The summed E-state index contributed by atoms with van der Waals surface area (Å²) in [5.41, 5.74) is 13.5. The Labute approximate surface area is 751 Å². The van der Waals surface area contributed by atoms with E-state index in [4.69, 9.17) is 0 Å². The molecule has 0 spiro atoms. The Kier molecular flexibility index (Phi) is 26.3. The largest absolute Gasteiger partial charge is 0.478 e. The van der Waals surface area contributed by atoms with E-state index in [1.807, 2.05) is 97.7 Å². The smallest absolute Gasteiger partial charge is 0.335 e. The van der Waals surface area contributed by atoms with E-state index in [9.17, 15) is 92.6 Å². The molecule has 0 amide bonds. The zero-order valence-corrected chi connectivity index (χ0v) is 74.4. The molecule has 31 heteroatoms. The lowest BCUT2D eigenvalue weighted by Crippen LogP contribution is -2.12. The first-order chi connectivity index (χ1) is 61.6. The van der Waals surface area contributed by atoms with Crippen molar-refractivity contribution < 1.29 is 82.1 Å². The third kappa shape index (κ3) is 20.9. The summed E-state index contributed by atoms with van der Waals surface area (Å²) < 4.78 is 147. The van der Waals surface area contributed by atoms with E-state index in [0.717, 1.165) is 123 Å². The number of aromatic nitrogens is 5. The molecule has 13 aromatic rings. The molecule has 23 nitrogen and oxygen atoms in total. The summed E-state index contributed by atoms with van der Waals surface area (Å²) in [5.74, 6) is -6.91. The molecular weight excluding hydrogens is 1760 g/mol. The van der Waals surface area contributed by atoms with Crippen molar-refractivity contribution in [3.63, 3.8) is 0 Å². The molecule has 8 aromatic carbocycles. The number of carboxylic acids is 4. The SMILES string of the molecule is CC1=CC=C(c2ccc(-c3cnsc3C)cc2CS(=O)(=O)c2cc(C(=O)O)ccc2C2CC2)C1.Cc1sncc1-c1ccc(-n2cccc2)c(CS(=O)(=O)c2cc(C(=O)O)ccc2C2CC2)c1.N#Cc1ccc(-c2cccc(F)n2)c(CS(=O)(=O)c2cc(C(=O)O)ccc2C2CC2)c1.N#Cc1ccc(-c2ncccc2F)c(CS(=O)(=O)c2cc(C(=O)O)ccc2C2CC2)c1. The van der Waals surface area contributed by atoms with Gasteiger partial charge < -0.3 is 25.0 Å². The van der Waals surface area contributed by atoms with Gasteiger partial charge >= 0.3 is 23.9 Å². The van der Waals surface area contributed by atoms with Crippen LogP contribution < -0.4 is 0 Å². The van der Waals surface area contributed by atoms with Gasteiger partial charge in [-0.1, -0.05) is 78.4 Å². The minimum absolute atomic E-state index is 0.00440. The predicted octanol–water partition coefficient (Wildman–Crippen LogP) is 20.5. The number of nitriles is 2. The third-order valence-electron chi connectivity index (χ3n) is 22.9. The Morgan fingerprint density at radius 1 is 0.434 bits per heavy atom. The van der Waals surface area contributed by atoms with E-state index in [0.29, 0.717) is 27.8 Å². The topological polar surface area (TPSA) is 390 Å². The summed E-state index contributed by atoms with van der Waals surface area (Å²) >= 11 is 2.82. The monoisotopic (exact) mass is 1840 g/mol. The van der Waals surface area contributed by atoms with E-state index >= 15 is 0 Å². The van der Waals surface area contributed by atoms with E-state index < -0.39 is 86.5 Å². The molecule has 5 aliphatic rings. The molecule has 5 aliphatic carbocycles. The summed E-state index contributed by atoms with van der Waals surface area (Å²) in [6, 6.07) is 52.5. The van der Waals surface area contributed by atoms with Crippen molar-refractivity contribution in [1.29, 1.82) is 10.5 Å². The molecule has 18 rings (SSSR count). The lowest BCUT2D eigenvalue weighted by molar-refractivity contribution is 0.0685. The van der Waals surface area contributed by atoms with Gasteiger partial charge in [0, 0.05) is 68.7 Å². The summed E-state index contributed by atoms with van der Waals surface area (Å²) in [7, 11) is -15.6. The van der Waals surface area contributed by atoms with Gasteiger partial charge in [0.05, 0.1) is 93.8 Å². The van der Waals surface area contributed by atoms with Crippen molar-refractivity contribution in [3.05, 3.63) is 342 Å². The first kappa shape index (κ1) is 90.4. The lowest BCUT2D eigenvalue weighted by atomic mass is 9.95.